The first-order valence-electron chi connectivity index (χ1n) is 6.71. The van der Waals surface area contributed by atoms with Crippen LogP contribution in [-0.2, 0) is 0 Å². The quantitative estimate of drug-likeness (QED) is 0.596. The van der Waals surface area contributed by atoms with E-state index in [1.165, 1.54) is 25.0 Å². The molecule has 3 unspecified atom stereocenters. The highest BCUT2D eigenvalue weighted by atomic mass is 32.2. The van der Waals surface area contributed by atoms with Crippen molar-refractivity contribution in [2.24, 2.45) is 16.8 Å². The fraction of sp³-hybridized carbons (Fsp3) is 0.923. The van der Waals surface area contributed by atoms with E-state index >= 15 is 0 Å². The first kappa shape index (κ1) is 13.1. The molecule has 1 saturated heterocycles. The molecule has 0 amide bonds. The number of nitrogens with one attached hydrogen (secondary N) is 2. The second kappa shape index (κ2) is 5.51. The highest BCUT2D eigenvalue weighted by Crippen LogP contribution is 2.37. The Labute approximate surface area is 109 Å². The minimum Gasteiger partial charge on any atom is -0.356 e. The standard InChI is InChI=1S/C13H25N3S/c1-10-7-11(10)8-15-12(14-3)16-9-13(2)5-4-6-17-13/h10-11H,4-9H2,1-3H3,(H2,14,15,16). The van der Waals surface area contributed by atoms with E-state index < -0.39 is 0 Å². The van der Waals surface area contributed by atoms with Crippen LogP contribution in [-0.4, -0.2) is 36.6 Å². The molecule has 1 saturated carbocycles. The zero-order valence-electron chi connectivity index (χ0n) is 11.3. The highest BCUT2D eigenvalue weighted by Gasteiger charge is 2.32. The number of rotatable bonds is 4. The van der Waals surface area contributed by atoms with Crippen LogP contribution in [0.3, 0.4) is 0 Å². The van der Waals surface area contributed by atoms with Crippen LogP contribution in [0.5, 0.6) is 0 Å². The van der Waals surface area contributed by atoms with Crippen LogP contribution in [0.2, 0.25) is 0 Å². The maximum Gasteiger partial charge on any atom is 0.191 e. The van der Waals surface area contributed by atoms with Crippen LogP contribution < -0.4 is 10.6 Å². The van der Waals surface area contributed by atoms with Crippen LogP contribution in [0.25, 0.3) is 0 Å². The van der Waals surface area contributed by atoms with E-state index in [0.717, 1.165) is 30.9 Å². The van der Waals surface area contributed by atoms with E-state index in [4.69, 9.17) is 0 Å². The van der Waals surface area contributed by atoms with Gasteiger partial charge in [-0.25, -0.2) is 0 Å². The van der Waals surface area contributed by atoms with Crippen LogP contribution in [0.1, 0.15) is 33.1 Å². The van der Waals surface area contributed by atoms with Gasteiger partial charge >= 0.3 is 0 Å². The zero-order chi connectivity index (χ0) is 12.3. The van der Waals surface area contributed by atoms with Gasteiger partial charge in [-0.1, -0.05) is 6.92 Å². The van der Waals surface area contributed by atoms with Gasteiger partial charge in [0, 0.05) is 24.9 Å². The Morgan fingerprint density at radius 2 is 2.24 bits per heavy atom. The third-order valence-corrected chi connectivity index (χ3v) is 5.50. The molecule has 17 heavy (non-hydrogen) atoms. The smallest absolute Gasteiger partial charge is 0.191 e. The van der Waals surface area contributed by atoms with Gasteiger partial charge in [0.15, 0.2) is 5.96 Å². The summed E-state index contributed by atoms with van der Waals surface area (Å²) in [5.74, 6) is 4.05. The molecular weight excluding hydrogens is 230 g/mol. The van der Waals surface area contributed by atoms with Crippen LogP contribution in [0.4, 0.5) is 0 Å². The molecule has 2 aliphatic rings. The summed E-state index contributed by atoms with van der Waals surface area (Å²) < 4.78 is 0.407. The minimum atomic E-state index is 0.407. The number of nitrogens with zero attached hydrogens (tertiary/aromatic N) is 1. The summed E-state index contributed by atoms with van der Waals surface area (Å²) >= 11 is 2.09. The van der Waals surface area contributed by atoms with Gasteiger partial charge in [0.05, 0.1) is 0 Å². The number of hydrogen-bond acceptors (Lipinski definition) is 2. The fourth-order valence-corrected chi connectivity index (χ4v) is 3.62. The first-order valence-corrected chi connectivity index (χ1v) is 7.70. The maximum absolute atomic E-state index is 4.29. The molecule has 2 rings (SSSR count). The summed E-state index contributed by atoms with van der Waals surface area (Å²) in [6.45, 7) is 6.77. The third kappa shape index (κ3) is 3.80. The lowest BCUT2D eigenvalue weighted by Crippen LogP contribution is -2.44. The van der Waals surface area contributed by atoms with Gasteiger partial charge in [-0.2, -0.15) is 11.8 Å². The Bertz CT molecular complexity index is 284. The number of hydrogen-bond donors (Lipinski definition) is 2. The van der Waals surface area contributed by atoms with Gasteiger partial charge in [-0.15, -0.1) is 0 Å². The predicted molar refractivity (Wildman–Crippen MR) is 76.7 cm³/mol. The lowest BCUT2D eigenvalue weighted by molar-refractivity contribution is 0.582. The average Bonchev–Trinajstić information content (AvgIpc) is 2.84. The number of guanidine groups is 1. The Balaban J connectivity index is 1.68. The number of aliphatic imine (C=N–C) groups is 1. The molecule has 1 heterocycles. The molecule has 0 aromatic carbocycles. The summed E-state index contributed by atoms with van der Waals surface area (Å²) in [5.41, 5.74) is 0. The molecule has 2 fully saturated rings. The molecule has 98 valence electrons. The summed E-state index contributed by atoms with van der Waals surface area (Å²) in [7, 11) is 1.86. The van der Waals surface area contributed by atoms with E-state index in [1.807, 2.05) is 7.05 Å². The largest absolute Gasteiger partial charge is 0.356 e. The summed E-state index contributed by atoms with van der Waals surface area (Å²) in [4.78, 5) is 4.29. The van der Waals surface area contributed by atoms with Crippen molar-refractivity contribution in [2.45, 2.75) is 37.9 Å². The Morgan fingerprint density at radius 1 is 1.47 bits per heavy atom. The van der Waals surface area contributed by atoms with Gasteiger partial charge in [-0.05, 0) is 43.8 Å². The van der Waals surface area contributed by atoms with Crippen LogP contribution in [0, 0.1) is 11.8 Å². The molecule has 0 bridgehead atoms. The molecule has 0 aromatic heterocycles. The highest BCUT2D eigenvalue weighted by molar-refractivity contribution is 8.00. The second-order valence-corrected chi connectivity index (χ2v) is 7.36. The molecule has 0 radical (unpaired) electrons. The van der Waals surface area contributed by atoms with E-state index in [2.05, 4.69) is 41.2 Å². The van der Waals surface area contributed by atoms with Gasteiger partial charge in [0.25, 0.3) is 0 Å². The maximum atomic E-state index is 4.29. The zero-order valence-corrected chi connectivity index (χ0v) is 12.1. The van der Waals surface area contributed by atoms with Crippen LogP contribution in [0.15, 0.2) is 4.99 Å². The van der Waals surface area contributed by atoms with Gasteiger partial charge < -0.3 is 10.6 Å². The fourth-order valence-electron chi connectivity index (χ4n) is 2.38. The normalized spacial score (nSPS) is 37.0. The number of thioether (sulfide) groups is 1. The predicted octanol–water partition coefficient (Wildman–Crippen LogP) is 2.09. The van der Waals surface area contributed by atoms with E-state index in [9.17, 15) is 0 Å². The van der Waals surface area contributed by atoms with Crippen molar-refractivity contribution in [1.29, 1.82) is 0 Å². The average molecular weight is 255 g/mol. The molecule has 1 aliphatic carbocycles. The Hall–Kier alpha value is -0.380. The van der Waals surface area contributed by atoms with Gasteiger partial charge in [-0.3, -0.25) is 4.99 Å². The third-order valence-electron chi connectivity index (χ3n) is 3.96. The topological polar surface area (TPSA) is 36.4 Å². The van der Waals surface area contributed by atoms with E-state index in [0.29, 0.717) is 4.75 Å². The van der Waals surface area contributed by atoms with Crippen molar-refractivity contribution in [3.05, 3.63) is 0 Å². The molecule has 3 nitrogen and oxygen atoms in total. The van der Waals surface area contributed by atoms with Crippen molar-refractivity contribution in [3.63, 3.8) is 0 Å². The molecular formula is C13H25N3S. The van der Waals surface area contributed by atoms with Crippen molar-refractivity contribution in [3.8, 4) is 0 Å². The SMILES string of the molecule is CN=C(NCC1CC1C)NCC1(C)CCCS1. The van der Waals surface area contributed by atoms with Gasteiger partial charge in [0.1, 0.15) is 0 Å². The van der Waals surface area contributed by atoms with E-state index in [1.54, 1.807) is 0 Å². The molecule has 4 heteroatoms. The van der Waals surface area contributed by atoms with Crippen molar-refractivity contribution >= 4 is 17.7 Å². The first-order chi connectivity index (χ1) is 8.13. The summed E-state index contributed by atoms with van der Waals surface area (Å²) in [6, 6.07) is 0. The van der Waals surface area contributed by atoms with Crippen molar-refractivity contribution in [1.82, 2.24) is 10.6 Å². The molecule has 3 atom stereocenters. The van der Waals surface area contributed by atoms with E-state index in [-0.39, 0.29) is 0 Å². The Morgan fingerprint density at radius 3 is 2.76 bits per heavy atom. The van der Waals surface area contributed by atoms with Crippen molar-refractivity contribution < 1.29 is 0 Å². The van der Waals surface area contributed by atoms with Gasteiger partial charge in [0.2, 0.25) is 0 Å². The minimum absolute atomic E-state index is 0.407. The van der Waals surface area contributed by atoms with Crippen molar-refractivity contribution in [2.75, 3.05) is 25.9 Å². The molecule has 0 spiro atoms. The lowest BCUT2D eigenvalue weighted by atomic mass is 10.1. The monoisotopic (exact) mass is 255 g/mol. The van der Waals surface area contributed by atoms with Crippen LogP contribution >= 0.6 is 11.8 Å². The second-order valence-electron chi connectivity index (χ2n) is 5.68. The lowest BCUT2D eigenvalue weighted by Gasteiger charge is -2.24. The summed E-state index contributed by atoms with van der Waals surface area (Å²) in [5, 5.41) is 6.90. The molecule has 0 aromatic rings. The summed E-state index contributed by atoms with van der Waals surface area (Å²) in [6.07, 6.45) is 4.05. The molecule has 1 aliphatic heterocycles. The molecule has 2 N–H and O–H groups in total. The Kier molecular flexibility index (Phi) is 4.23.